The fourth-order valence-corrected chi connectivity index (χ4v) is 3.52. The smallest absolute Gasteiger partial charge is 0.411 e. The molecule has 2 aromatic carbocycles. The molecule has 1 fully saturated rings. The molecule has 8 heteroatoms. The summed E-state index contributed by atoms with van der Waals surface area (Å²) in [5.74, 6) is -1.02. The van der Waals surface area contributed by atoms with E-state index in [-0.39, 0.29) is 24.8 Å². The summed E-state index contributed by atoms with van der Waals surface area (Å²) >= 11 is 0. The number of hydrogen-bond donors (Lipinski definition) is 2. The summed E-state index contributed by atoms with van der Waals surface area (Å²) in [4.78, 5) is 49.6. The van der Waals surface area contributed by atoms with E-state index in [2.05, 4.69) is 10.6 Å². The molecular weight excluding hydrogens is 374 g/mol. The minimum atomic E-state index is -0.649. The summed E-state index contributed by atoms with van der Waals surface area (Å²) in [5.41, 5.74) is 2.59. The maximum absolute atomic E-state index is 12.8. The van der Waals surface area contributed by atoms with Gasteiger partial charge in [0.1, 0.15) is 12.6 Å². The van der Waals surface area contributed by atoms with Gasteiger partial charge in [0.25, 0.3) is 5.91 Å². The van der Waals surface area contributed by atoms with E-state index in [0.29, 0.717) is 29.8 Å². The van der Waals surface area contributed by atoms with Gasteiger partial charge in [-0.25, -0.2) is 4.79 Å². The summed E-state index contributed by atoms with van der Waals surface area (Å²) in [5, 5.41) is 4.90. The van der Waals surface area contributed by atoms with Crippen molar-refractivity contribution in [1.29, 1.82) is 0 Å². The van der Waals surface area contributed by atoms with E-state index in [1.54, 1.807) is 42.5 Å². The Labute approximate surface area is 166 Å². The number of imide groups is 1. The van der Waals surface area contributed by atoms with Crippen LogP contribution in [-0.2, 0) is 27.5 Å². The van der Waals surface area contributed by atoms with Crippen molar-refractivity contribution in [3.63, 3.8) is 0 Å². The molecule has 0 radical (unpaired) electrons. The Bertz CT molecular complexity index is 989. The van der Waals surface area contributed by atoms with E-state index in [9.17, 15) is 19.2 Å². The lowest BCUT2D eigenvalue weighted by Gasteiger charge is -2.29. The van der Waals surface area contributed by atoms with Crippen LogP contribution >= 0.6 is 0 Å². The Morgan fingerprint density at radius 2 is 1.93 bits per heavy atom. The first-order valence-electron chi connectivity index (χ1n) is 9.26. The Balaban J connectivity index is 1.39. The van der Waals surface area contributed by atoms with E-state index in [1.165, 1.54) is 4.90 Å². The van der Waals surface area contributed by atoms with Crippen molar-refractivity contribution in [3.8, 4) is 0 Å². The van der Waals surface area contributed by atoms with E-state index >= 15 is 0 Å². The third kappa shape index (κ3) is 3.96. The number of rotatable bonds is 4. The zero-order valence-electron chi connectivity index (χ0n) is 15.5. The Kier molecular flexibility index (Phi) is 4.99. The SMILES string of the molecule is O=C1CCC(N2Cc3ccc(COC(=O)Nc4ccccc4)cc3C2=O)C(=O)N1. The monoisotopic (exact) mass is 393 g/mol. The standard InChI is InChI=1S/C21H19N3O5/c25-18-9-8-17(19(26)23-18)24-11-14-7-6-13(10-16(14)20(24)27)12-29-21(28)22-15-4-2-1-3-5-15/h1-7,10,17H,8-9,11-12H2,(H,22,28)(H,23,25,26). The fourth-order valence-electron chi connectivity index (χ4n) is 3.52. The van der Waals surface area contributed by atoms with Crippen LogP contribution in [0.1, 0.15) is 34.3 Å². The molecule has 1 unspecified atom stereocenters. The molecule has 2 N–H and O–H groups in total. The Hall–Kier alpha value is -3.68. The highest BCUT2D eigenvalue weighted by molar-refractivity contribution is 6.05. The number of nitrogens with zero attached hydrogens (tertiary/aromatic N) is 1. The average molecular weight is 393 g/mol. The second-order valence-corrected chi connectivity index (χ2v) is 6.96. The number of amides is 4. The number of carbonyl (C=O) groups is 4. The summed E-state index contributed by atoms with van der Waals surface area (Å²) in [7, 11) is 0. The van der Waals surface area contributed by atoms with Gasteiger partial charge in [0.15, 0.2) is 0 Å². The number of nitrogens with one attached hydrogen (secondary N) is 2. The largest absolute Gasteiger partial charge is 0.444 e. The number of para-hydroxylation sites is 1. The number of carbonyl (C=O) groups excluding carboxylic acids is 4. The summed E-state index contributed by atoms with van der Waals surface area (Å²) in [6.07, 6.45) is -0.0557. The second kappa shape index (κ2) is 7.75. The van der Waals surface area contributed by atoms with Crippen LogP contribution in [0.15, 0.2) is 48.5 Å². The molecule has 0 spiro atoms. The third-order valence-electron chi connectivity index (χ3n) is 4.98. The van der Waals surface area contributed by atoms with Gasteiger partial charge >= 0.3 is 6.09 Å². The highest BCUT2D eigenvalue weighted by Gasteiger charge is 2.39. The number of benzene rings is 2. The lowest BCUT2D eigenvalue weighted by atomic mass is 10.0. The van der Waals surface area contributed by atoms with Crippen LogP contribution in [-0.4, -0.2) is 34.8 Å². The van der Waals surface area contributed by atoms with E-state index in [0.717, 1.165) is 5.56 Å². The van der Waals surface area contributed by atoms with Crippen molar-refractivity contribution in [3.05, 3.63) is 65.2 Å². The molecule has 4 rings (SSSR count). The molecule has 1 saturated heterocycles. The molecular formula is C21H19N3O5. The van der Waals surface area contributed by atoms with Crippen LogP contribution in [0.25, 0.3) is 0 Å². The van der Waals surface area contributed by atoms with Gasteiger partial charge in [-0.15, -0.1) is 0 Å². The van der Waals surface area contributed by atoms with Gasteiger partial charge in [-0.3, -0.25) is 25.0 Å². The topological polar surface area (TPSA) is 105 Å². The predicted octanol–water partition coefficient (Wildman–Crippen LogP) is 2.20. The van der Waals surface area contributed by atoms with Crippen molar-refractivity contribution in [2.45, 2.75) is 32.0 Å². The minimum Gasteiger partial charge on any atom is -0.444 e. The number of piperidine rings is 1. The average Bonchev–Trinajstić information content (AvgIpc) is 3.03. The molecule has 2 aliphatic rings. The summed E-state index contributed by atoms with van der Waals surface area (Å²) < 4.78 is 5.22. The Morgan fingerprint density at radius 1 is 1.14 bits per heavy atom. The number of hydrogen-bond acceptors (Lipinski definition) is 5. The van der Waals surface area contributed by atoms with Crippen LogP contribution < -0.4 is 10.6 Å². The van der Waals surface area contributed by atoms with Crippen molar-refractivity contribution in [1.82, 2.24) is 10.2 Å². The van der Waals surface area contributed by atoms with Crippen molar-refractivity contribution in [2.75, 3.05) is 5.32 Å². The van der Waals surface area contributed by atoms with Gasteiger partial charge in [0.2, 0.25) is 11.8 Å². The van der Waals surface area contributed by atoms with Gasteiger partial charge in [-0.2, -0.15) is 0 Å². The molecule has 2 heterocycles. The first kappa shape index (κ1) is 18.7. The van der Waals surface area contributed by atoms with E-state index < -0.39 is 18.0 Å². The van der Waals surface area contributed by atoms with Crippen LogP contribution in [0.4, 0.5) is 10.5 Å². The second-order valence-electron chi connectivity index (χ2n) is 6.96. The van der Waals surface area contributed by atoms with Gasteiger partial charge in [-0.05, 0) is 35.7 Å². The number of anilines is 1. The van der Waals surface area contributed by atoms with Crippen LogP contribution in [0.5, 0.6) is 0 Å². The molecule has 0 bridgehead atoms. The maximum atomic E-state index is 12.8. The van der Waals surface area contributed by atoms with Crippen LogP contribution in [0.2, 0.25) is 0 Å². The summed E-state index contributed by atoms with van der Waals surface area (Å²) in [6, 6.07) is 13.6. The molecule has 148 valence electrons. The maximum Gasteiger partial charge on any atom is 0.411 e. The molecule has 2 aliphatic heterocycles. The van der Waals surface area contributed by atoms with Crippen molar-refractivity contribution >= 4 is 29.5 Å². The highest BCUT2D eigenvalue weighted by atomic mass is 16.5. The molecule has 1 atom stereocenters. The van der Waals surface area contributed by atoms with Crippen LogP contribution in [0, 0.1) is 0 Å². The lowest BCUT2D eigenvalue weighted by molar-refractivity contribution is -0.136. The van der Waals surface area contributed by atoms with Gasteiger partial charge in [-0.1, -0.05) is 30.3 Å². The lowest BCUT2D eigenvalue weighted by Crippen LogP contribution is -2.52. The normalized spacial score (nSPS) is 18.3. The fraction of sp³-hybridized carbons (Fsp3) is 0.238. The molecule has 4 amide bonds. The van der Waals surface area contributed by atoms with Crippen molar-refractivity contribution < 1.29 is 23.9 Å². The highest BCUT2D eigenvalue weighted by Crippen LogP contribution is 2.28. The molecule has 2 aromatic rings. The number of ether oxygens (including phenoxy) is 1. The van der Waals surface area contributed by atoms with Crippen molar-refractivity contribution in [2.24, 2.45) is 0 Å². The van der Waals surface area contributed by atoms with Gasteiger partial charge in [0, 0.05) is 24.2 Å². The predicted molar refractivity (Wildman–Crippen MR) is 103 cm³/mol. The first-order valence-corrected chi connectivity index (χ1v) is 9.26. The van der Waals surface area contributed by atoms with E-state index in [4.69, 9.17) is 4.74 Å². The van der Waals surface area contributed by atoms with Gasteiger partial charge in [0.05, 0.1) is 0 Å². The molecule has 8 nitrogen and oxygen atoms in total. The quantitative estimate of drug-likeness (QED) is 0.775. The van der Waals surface area contributed by atoms with E-state index in [1.807, 2.05) is 6.07 Å². The minimum absolute atomic E-state index is 0.0116. The third-order valence-corrected chi connectivity index (χ3v) is 4.98. The zero-order chi connectivity index (χ0) is 20.4. The molecule has 0 saturated carbocycles. The molecule has 0 aliphatic carbocycles. The van der Waals surface area contributed by atoms with Gasteiger partial charge < -0.3 is 9.64 Å². The molecule has 0 aromatic heterocycles. The van der Waals surface area contributed by atoms with Crippen LogP contribution in [0.3, 0.4) is 0 Å². The molecule has 29 heavy (non-hydrogen) atoms. The number of fused-ring (bicyclic) bond motifs is 1. The Morgan fingerprint density at radius 3 is 2.69 bits per heavy atom. The first-order chi connectivity index (χ1) is 14.0. The summed E-state index contributed by atoms with van der Waals surface area (Å²) in [6.45, 7) is 0.327. The zero-order valence-corrected chi connectivity index (χ0v) is 15.5.